The van der Waals surface area contributed by atoms with E-state index in [1.165, 1.54) is 30.3 Å². The van der Waals surface area contributed by atoms with Crippen molar-refractivity contribution in [2.75, 3.05) is 0 Å². The number of carbonyl (C=O) groups is 5. The molecule has 2 heterocycles. The first-order chi connectivity index (χ1) is 17.0. The van der Waals surface area contributed by atoms with Gasteiger partial charge in [0.1, 0.15) is 11.8 Å². The van der Waals surface area contributed by atoms with Gasteiger partial charge in [-0.15, -0.1) is 0 Å². The number of piperidine rings is 1. The summed E-state index contributed by atoms with van der Waals surface area (Å²) in [5.74, 6) is -3.38. The maximum absolute atomic E-state index is 13.4. The van der Waals surface area contributed by atoms with E-state index in [1.54, 1.807) is 0 Å². The van der Waals surface area contributed by atoms with E-state index in [2.05, 4.69) is 15.4 Å². The molecule has 36 heavy (non-hydrogen) atoms. The highest BCUT2D eigenvalue weighted by Crippen LogP contribution is 2.29. The van der Waals surface area contributed by atoms with Crippen LogP contribution in [0.1, 0.15) is 56.4 Å². The van der Waals surface area contributed by atoms with Gasteiger partial charge in [0.15, 0.2) is 0 Å². The maximum Gasteiger partial charge on any atom is 0.429 e. The van der Waals surface area contributed by atoms with E-state index < -0.39 is 47.9 Å². The molecule has 1 saturated heterocycles. The number of amides is 5. The van der Waals surface area contributed by atoms with Crippen molar-refractivity contribution in [3.8, 4) is 5.75 Å². The summed E-state index contributed by atoms with van der Waals surface area (Å²) in [5.41, 5.74) is 0.788. The smallest absolute Gasteiger partial charge is 0.429 e. The number of carbonyl (C=O) groups excluding carboxylic acids is 5. The Morgan fingerprint density at radius 2 is 1.78 bits per heavy atom. The lowest BCUT2D eigenvalue weighted by Gasteiger charge is -2.27. The Morgan fingerprint density at radius 1 is 1.11 bits per heavy atom. The van der Waals surface area contributed by atoms with E-state index >= 15 is 0 Å². The average molecular weight is 503 g/mol. The molecule has 2 N–H and O–H groups in total. The van der Waals surface area contributed by atoms with Gasteiger partial charge in [-0.2, -0.15) is 8.78 Å². The molecular weight excluding hydrogens is 483 g/mol. The highest BCUT2D eigenvalue weighted by molar-refractivity contribution is 6.23. The summed E-state index contributed by atoms with van der Waals surface area (Å²) in [7, 11) is 0. The van der Waals surface area contributed by atoms with Crippen LogP contribution in [0.5, 0.6) is 5.75 Å². The lowest BCUT2D eigenvalue weighted by Crippen LogP contribution is -2.54. The highest BCUT2D eigenvalue weighted by atomic mass is 19.3. The third kappa shape index (κ3) is 4.79. The molecule has 1 fully saturated rings. The SMILES string of the molecule is CC(F)C(F)(F)Oc1ccc(C(=O)NCc2ccc3c(c2)C(=O)N(C2CCC(=O)NC2=O)C3=O)cc1. The van der Waals surface area contributed by atoms with Crippen molar-refractivity contribution in [1.29, 1.82) is 0 Å². The van der Waals surface area contributed by atoms with Gasteiger partial charge in [0, 0.05) is 18.5 Å². The van der Waals surface area contributed by atoms with Crippen molar-refractivity contribution in [3.63, 3.8) is 0 Å². The number of benzene rings is 2. The Morgan fingerprint density at radius 3 is 2.42 bits per heavy atom. The van der Waals surface area contributed by atoms with Gasteiger partial charge in [-0.25, -0.2) is 4.39 Å². The van der Waals surface area contributed by atoms with E-state index in [-0.39, 0.29) is 41.8 Å². The molecular formula is C24H20F3N3O6. The Balaban J connectivity index is 1.41. The first kappa shape index (κ1) is 24.9. The topological polar surface area (TPSA) is 122 Å². The molecule has 12 heteroatoms. The molecule has 2 atom stereocenters. The maximum atomic E-state index is 13.4. The molecule has 188 valence electrons. The molecule has 0 saturated carbocycles. The van der Waals surface area contributed by atoms with Crippen molar-refractivity contribution in [3.05, 3.63) is 64.7 Å². The second kappa shape index (κ2) is 9.44. The number of hydrogen-bond donors (Lipinski definition) is 2. The van der Waals surface area contributed by atoms with Crippen LogP contribution >= 0.6 is 0 Å². The fourth-order valence-electron chi connectivity index (χ4n) is 3.83. The third-order valence-corrected chi connectivity index (χ3v) is 5.79. The van der Waals surface area contributed by atoms with Gasteiger partial charge >= 0.3 is 6.11 Å². The van der Waals surface area contributed by atoms with Crippen molar-refractivity contribution < 1.29 is 41.9 Å². The average Bonchev–Trinajstić information content (AvgIpc) is 3.07. The standard InChI is InChI=1S/C24H20F3N3O6/c1-12(25)24(26,27)36-15-5-3-14(4-6-15)20(32)28-11-13-2-7-16-17(10-13)23(35)30(22(16)34)18-8-9-19(31)29-21(18)33/h2-7,10,12,18H,8-9,11H2,1H3,(H,28,32)(H,29,31,33). The van der Waals surface area contributed by atoms with E-state index in [0.717, 1.165) is 17.0 Å². The second-order valence-corrected chi connectivity index (χ2v) is 8.31. The summed E-state index contributed by atoms with van der Waals surface area (Å²) in [4.78, 5) is 62.4. The summed E-state index contributed by atoms with van der Waals surface area (Å²) in [5, 5.41) is 4.73. The number of halogens is 3. The number of hydrogen-bond acceptors (Lipinski definition) is 6. The zero-order valence-corrected chi connectivity index (χ0v) is 18.8. The first-order valence-electron chi connectivity index (χ1n) is 10.9. The predicted molar refractivity (Wildman–Crippen MR) is 117 cm³/mol. The number of fused-ring (bicyclic) bond motifs is 1. The normalized spacial score (nSPS) is 18.6. The molecule has 2 aliphatic rings. The molecule has 2 aromatic rings. The summed E-state index contributed by atoms with van der Waals surface area (Å²) in [6, 6.07) is 7.97. The predicted octanol–water partition coefficient (Wildman–Crippen LogP) is 2.35. The Hall–Kier alpha value is -4.22. The van der Waals surface area contributed by atoms with E-state index in [4.69, 9.17) is 0 Å². The van der Waals surface area contributed by atoms with Crippen LogP contribution in [0.4, 0.5) is 13.2 Å². The van der Waals surface area contributed by atoms with Gasteiger partial charge in [-0.05, 0) is 55.3 Å². The zero-order valence-electron chi connectivity index (χ0n) is 18.8. The molecule has 4 rings (SSSR count). The van der Waals surface area contributed by atoms with Crippen molar-refractivity contribution in [1.82, 2.24) is 15.5 Å². The zero-order chi connectivity index (χ0) is 26.2. The van der Waals surface area contributed by atoms with Crippen molar-refractivity contribution in [2.24, 2.45) is 0 Å². The summed E-state index contributed by atoms with van der Waals surface area (Å²) in [6.45, 7) is 0.637. The fourth-order valence-corrected chi connectivity index (χ4v) is 3.83. The Kier molecular flexibility index (Phi) is 6.53. The highest BCUT2D eigenvalue weighted by Gasteiger charge is 2.44. The summed E-state index contributed by atoms with van der Waals surface area (Å²) in [6.07, 6.45) is -6.49. The fraction of sp³-hybridized carbons (Fsp3) is 0.292. The number of imide groups is 2. The van der Waals surface area contributed by atoms with Crippen molar-refractivity contribution >= 4 is 29.5 Å². The lowest BCUT2D eigenvalue weighted by molar-refractivity contribution is -0.215. The third-order valence-electron chi connectivity index (χ3n) is 5.79. The largest absolute Gasteiger partial charge is 0.430 e. The molecule has 5 amide bonds. The van der Waals surface area contributed by atoms with Crippen LogP contribution < -0.4 is 15.4 Å². The van der Waals surface area contributed by atoms with Crippen molar-refractivity contribution in [2.45, 2.75) is 44.6 Å². The van der Waals surface area contributed by atoms with Crippen LogP contribution in [-0.4, -0.2) is 52.8 Å². The first-order valence-corrected chi connectivity index (χ1v) is 10.9. The quantitative estimate of drug-likeness (QED) is 0.560. The minimum Gasteiger partial charge on any atom is -0.430 e. The molecule has 0 spiro atoms. The number of nitrogens with one attached hydrogen (secondary N) is 2. The van der Waals surface area contributed by atoms with Gasteiger partial charge in [0.05, 0.1) is 11.1 Å². The van der Waals surface area contributed by atoms with Gasteiger partial charge < -0.3 is 10.1 Å². The molecule has 0 radical (unpaired) electrons. The molecule has 2 aliphatic heterocycles. The van der Waals surface area contributed by atoms with E-state index in [1.807, 2.05) is 0 Å². The molecule has 0 aliphatic carbocycles. The number of ether oxygens (including phenoxy) is 1. The van der Waals surface area contributed by atoms with E-state index in [0.29, 0.717) is 12.5 Å². The van der Waals surface area contributed by atoms with Gasteiger partial charge in [-0.3, -0.25) is 34.2 Å². The molecule has 0 aromatic heterocycles. The molecule has 9 nitrogen and oxygen atoms in total. The van der Waals surface area contributed by atoms with Crippen LogP contribution in [0, 0.1) is 0 Å². The molecule has 2 unspecified atom stereocenters. The monoisotopic (exact) mass is 503 g/mol. The van der Waals surface area contributed by atoms with Crippen LogP contribution in [0.15, 0.2) is 42.5 Å². The number of alkyl halides is 3. The molecule has 0 bridgehead atoms. The second-order valence-electron chi connectivity index (χ2n) is 8.31. The van der Waals surface area contributed by atoms with Gasteiger partial charge in [-0.1, -0.05) is 6.07 Å². The van der Waals surface area contributed by atoms with Crippen LogP contribution in [-0.2, 0) is 16.1 Å². The molecule has 2 aromatic carbocycles. The minimum absolute atomic E-state index is 0.00555. The van der Waals surface area contributed by atoms with Gasteiger partial charge in [0.25, 0.3) is 17.7 Å². The van der Waals surface area contributed by atoms with Crippen LogP contribution in [0.3, 0.4) is 0 Å². The van der Waals surface area contributed by atoms with Crippen LogP contribution in [0.2, 0.25) is 0 Å². The number of rotatable bonds is 7. The lowest BCUT2D eigenvalue weighted by atomic mass is 10.0. The Labute approximate surface area is 202 Å². The summed E-state index contributed by atoms with van der Waals surface area (Å²) >= 11 is 0. The van der Waals surface area contributed by atoms with Crippen LogP contribution in [0.25, 0.3) is 0 Å². The van der Waals surface area contributed by atoms with Gasteiger partial charge in [0.2, 0.25) is 18.0 Å². The van der Waals surface area contributed by atoms with E-state index in [9.17, 15) is 37.1 Å². The number of nitrogens with zero attached hydrogens (tertiary/aromatic N) is 1. The Bertz CT molecular complexity index is 1260. The minimum atomic E-state index is -4.01. The summed E-state index contributed by atoms with van der Waals surface area (Å²) < 4.78 is 43.9.